The molecule has 0 aliphatic heterocycles. The Bertz CT molecular complexity index is 208. The molecule has 9 nitrogen and oxygen atoms in total. The molecule has 74 valence electrons. The van der Waals surface area contributed by atoms with E-state index in [2.05, 4.69) is 0 Å². The van der Waals surface area contributed by atoms with Crippen LogP contribution in [0.3, 0.4) is 0 Å². The van der Waals surface area contributed by atoms with Gasteiger partial charge in [0, 0.05) is 0 Å². The van der Waals surface area contributed by atoms with Crippen molar-refractivity contribution in [2.45, 2.75) is 0 Å². The molecule has 0 bridgehead atoms. The van der Waals surface area contributed by atoms with Crippen molar-refractivity contribution >= 4 is 24.4 Å². The fourth-order valence-electron chi connectivity index (χ4n) is 0. The third-order valence-electron chi connectivity index (χ3n) is 0. The molecule has 0 saturated carbocycles. The summed E-state index contributed by atoms with van der Waals surface area (Å²) < 4.78 is 77.1. The monoisotopic (exact) mass is 418 g/mol. The van der Waals surface area contributed by atoms with Crippen LogP contribution < -0.4 is 12.1 Å². The summed E-state index contributed by atoms with van der Waals surface area (Å²) in [6.45, 7) is 0. The maximum Gasteiger partial charge on any atom is 3.00 e. The summed E-state index contributed by atoms with van der Waals surface area (Å²) in [6, 6.07) is 0. The summed E-state index contributed by atoms with van der Waals surface area (Å²) in [5.74, 6) is 0. The van der Waals surface area contributed by atoms with Gasteiger partial charge in [-0.25, -0.2) is 0 Å². The third kappa shape index (κ3) is 1070. The van der Waals surface area contributed by atoms with E-state index in [4.69, 9.17) is 34.1 Å². The Morgan fingerprint density at radius 1 is 0.538 bits per heavy atom. The second-order valence-corrected chi connectivity index (χ2v) is 2.77. The van der Waals surface area contributed by atoms with Crippen LogP contribution >= 0.6 is 0 Å². The van der Waals surface area contributed by atoms with E-state index in [1.54, 1.807) is 0 Å². The summed E-state index contributed by atoms with van der Waals surface area (Å²) in [7, 11) is 0. The van der Waals surface area contributed by atoms with Crippen molar-refractivity contribution in [1.29, 1.82) is 0 Å². The van der Waals surface area contributed by atoms with Crippen LogP contribution in [0.1, 0.15) is 0 Å². The van der Waals surface area contributed by atoms with Crippen LogP contribution in [-0.4, -0.2) is 24.4 Å². The second-order valence-electron chi connectivity index (χ2n) is 0.671. The van der Waals surface area contributed by atoms with Crippen molar-refractivity contribution < 1.29 is 80.3 Å². The quantitative estimate of drug-likeness (QED) is 0.350. The van der Waals surface area contributed by atoms with E-state index in [0.29, 0.717) is 0 Å². The minimum Gasteiger partial charge on any atom is 3.00 e. The number of hydrogen-bond acceptors (Lipinski definition) is 9. The molecule has 0 aliphatic rings. The summed E-state index contributed by atoms with van der Waals surface area (Å²) in [4.78, 5) is 0. The molecule has 0 aromatic rings. The Morgan fingerprint density at radius 2 is 0.538 bits per heavy atom. The second kappa shape index (κ2) is 18.9. The summed E-state index contributed by atoms with van der Waals surface area (Å²) in [5, 5.41) is 0. The first-order valence-electron chi connectivity index (χ1n) is 1.64. The molecule has 0 atom stereocenters. The van der Waals surface area contributed by atoms with Crippen molar-refractivity contribution in [2.75, 3.05) is 0 Å². The smallest absolute Gasteiger partial charge is 3.00 e. The molecule has 0 aromatic heterocycles. The Balaban J connectivity index is -0.0000000450. The van der Waals surface area contributed by atoms with Crippen LogP contribution in [0.2, 0.25) is 0 Å². The topological polar surface area (TPSA) is 172 Å². The van der Waals surface area contributed by atoms with Crippen LogP contribution in [0.15, 0.2) is 0 Å². The molecule has 0 heterocycles. The van der Waals surface area contributed by atoms with E-state index in [0.717, 1.165) is 0 Å². The van der Waals surface area contributed by atoms with Gasteiger partial charge in [0.1, 0.15) is 0 Å². The van der Waals surface area contributed by atoms with Crippen LogP contribution in [0.4, 0.5) is 0 Å². The first-order chi connectivity index (χ1) is 5.20. The van der Waals surface area contributed by atoms with Gasteiger partial charge in [0.25, 0.3) is 0 Å². The SMILES string of the molecule is [O]=[V](=[O])[O-].[O]=[V](=[O])[O-].[O]=[V](=[O])[O-].[Sb+3]. The molecule has 13 heteroatoms. The first-order valence-corrected chi connectivity index (χ1v) is 6.77. The predicted molar refractivity (Wildman–Crippen MR) is 9.87 cm³/mol. The van der Waals surface area contributed by atoms with Gasteiger partial charge in [0.05, 0.1) is 0 Å². The Morgan fingerprint density at radius 3 is 0.538 bits per heavy atom. The minimum atomic E-state index is -3.94. The van der Waals surface area contributed by atoms with Crippen LogP contribution in [0.5, 0.6) is 0 Å². The van der Waals surface area contributed by atoms with Crippen LogP contribution in [0, 0.1) is 0 Å². The molecule has 0 fully saturated rings. The van der Waals surface area contributed by atoms with Crippen molar-refractivity contribution in [3.05, 3.63) is 0 Å². The van der Waals surface area contributed by atoms with E-state index in [1.165, 1.54) is 0 Å². The molecule has 0 aliphatic carbocycles. The summed E-state index contributed by atoms with van der Waals surface area (Å²) in [6.07, 6.45) is 0. The van der Waals surface area contributed by atoms with Gasteiger partial charge in [-0.05, 0) is 0 Å². The average molecular weight is 419 g/mol. The van der Waals surface area contributed by atoms with E-state index >= 15 is 0 Å². The molecule has 0 amide bonds. The van der Waals surface area contributed by atoms with Gasteiger partial charge in [-0.15, -0.1) is 0 Å². The Labute approximate surface area is 104 Å². The van der Waals surface area contributed by atoms with Gasteiger partial charge in [-0.3, -0.25) is 0 Å². The fraction of sp³-hybridized carbons (Fsp3) is 0. The molecular formula is O9SbV3. The van der Waals surface area contributed by atoms with E-state index < -0.39 is 46.2 Å². The molecule has 0 aromatic carbocycles. The molecular weight excluding hydrogens is 419 g/mol. The third-order valence-corrected chi connectivity index (χ3v) is 0. The van der Waals surface area contributed by atoms with Gasteiger partial charge >= 0.3 is 105 Å². The van der Waals surface area contributed by atoms with Gasteiger partial charge in [0.2, 0.25) is 0 Å². The zero-order chi connectivity index (χ0) is 10.7. The number of hydrogen-bond donors (Lipinski definition) is 0. The zero-order valence-corrected chi connectivity index (χ0v) is 12.2. The maximum absolute atomic E-state index is 8.56. The first kappa shape index (κ1) is 23.8. The standard InChI is InChI=1S/9O.Sb.3V/q;;;;;;3*-1;+3;;;. The minimum absolute atomic E-state index is 0. The molecule has 2 radical (unpaired) electrons. The summed E-state index contributed by atoms with van der Waals surface area (Å²) >= 11 is -11.8. The maximum atomic E-state index is 8.56. The van der Waals surface area contributed by atoms with Crippen LogP contribution in [0.25, 0.3) is 0 Å². The van der Waals surface area contributed by atoms with Gasteiger partial charge < -0.3 is 0 Å². The molecule has 0 rings (SSSR count). The van der Waals surface area contributed by atoms with Crippen molar-refractivity contribution in [2.24, 2.45) is 0 Å². The van der Waals surface area contributed by atoms with Crippen molar-refractivity contribution in [1.82, 2.24) is 0 Å². The molecule has 0 unspecified atom stereocenters. The zero-order valence-electron chi connectivity index (χ0n) is 5.46. The number of rotatable bonds is 0. The fourth-order valence-corrected chi connectivity index (χ4v) is 0. The van der Waals surface area contributed by atoms with Gasteiger partial charge in [-0.2, -0.15) is 0 Å². The Hall–Kier alpha value is 1.25. The van der Waals surface area contributed by atoms with Crippen molar-refractivity contribution in [3.63, 3.8) is 0 Å². The molecule has 0 saturated heterocycles. The van der Waals surface area contributed by atoms with Crippen molar-refractivity contribution in [3.8, 4) is 0 Å². The van der Waals surface area contributed by atoms with Gasteiger partial charge in [-0.1, -0.05) is 0 Å². The molecule has 0 spiro atoms. The largest absolute Gasteiger partial charge is 3.00 e. The van der Waals surface area contributed by atoms with Gasteiger partial charge in [0.15, 0.2) is 0 Å². The summed E-state index contributed by atoms with van der Waals surface area (Å²) in [5.41, 5.74) is 0. The van der Waals surface area contributed by atoms with E-state index in [1.807, 2.05) is 0 Å². The normalized spacial score (nSPS) is 5.77. The molecule has 13 heavy (non-hydrogen) atoms. The van der Waals surface area contributed by atoms with E-state index in [-0.39, 0.29) is 24.4 Å². The Kier molecular flexibility index (Phi) is 34.7. The molecule has 0 N–H and O–H groups in total. The predicted octanol–water partition coefficient (Wildman–Crippen LogP) is -4.67. The van der Waals surface area contributed by atoms with E-state index in [9.17, 15) is 0 Å². The van der Waals surface area contributed by atoms with Crippen LogP contribution in [-0.2, 0) is 68.2 Å². The average Bonchev–Trinajstić information content (AvgIpc) is 1.54.